The quantitative estimate of drug-likeness (QED) is 0.831. The second-order valence-corrected chi connectivity index (χ2v) is 6.11. The lowest BCUT2D eigenvalue weighted by Crippen LogP contribution is -2.34. The molecule has 2 aromatic heterocycles. The zero-order valence-electron chi connectivity index (χ0n) is 10.1. The maximum atomic E-state index is 4.96. The van der Waals surface area contributed by atoms with Crippen LogP contribution >= 0.6 is 23.6 Å². The molecule has 0 aliphatic carbocycles. The normalized spacial score (nSPS) is 20.3. The van der Waals surface area contributed by atoms with Gasteiger partial charge in [0.1, 0.15) is 0 Å². The Bertz CT molecular complexity index is 584. The number of hydrogen-bond donors (Lipinski definition) is 2. The maximum Gasteiger partial charge on any atom is 0.213 e. The third kappa shape index (κ3) is 2.32. The van der Waals surface area contributed by atoms with Crippen molar-refractivity contribution in [3.63, 3.8) is 0 Å². The molecule has 0 amide bonds. The van der Waals surface area contributed by atoms with Crippen LogP contribution in [-0.2, 0) is 0 Å². The predicted octanol–water partition coefficient (Wildman–Crippen LogP) is 2.83. The number of anilines is 1. The van der Waals surface area contributed by atoms with E-state index in [0.717, 1.165) is 34.8 Å². The molecule has 96 valence electrons. The van der Waals surface area contributed by atoms with Gasteiger partial charge in [0.2, 0.25) is 4.77 Å². The van der Waals surface area contributed by atoms with Crippen LogP contribution in [0.3, 0.4) is 0 Å². The highest BCUT2D eigenvalue weighted by molar-refractivity contribution is 7.71. The third-order valence-electron chi connectivity index (χ3n) is 3.16. The molecule has 18 heavy (non-hydrogen) atoms. The van der Waals surface area contributed by atoms with E-state index < -0.39 is 0 Å². The largest absolute Gasteiger partial charge is 0.348 e. The van der Waals surface area contributed by atoms with Crippen molar-refractivity contribution in [1.29, 1.82) is 0 Å². The lowest BCUT2D eigenvalue weighted by atomic mass is 10.0. The van der Waals surface area contributed by atoms with E-state index in [-0.39, 0.29) is 0 Å². The van der Waals surface area contributed by atoms with Crippen LogP contribution < -0.4 is 4.90 Å². The summed E-state index contributed by atoms with van der Waals surface area (Å²) in [6.45, 7) is 4.50. The predicted molar refractivity (Wildman–Crippen MR) is 75.5 cm³/mol. The Morgan fingerprint density at radius 3 is 3.11 bits per heavy atom. The van der Waals surface area contributed by atoms with Crippen LogP contribution in [0.5, 0.6) is 0 Å². The first-order chi connectivity index (χ1) is 8.72. The van der Waals surface area contributed by atoms with Gasteiger partial charge in [0.15, 0.2) is 11.0 Å². The Kier molecular flexibility index (Phi) is 3.17. The van der Waals surface area contributed by atoms with Crippen LogP contribution in [-0.4, -0.2) is 33.3 Å². The molecule has 3 heterocycles. The number of aromatic amines is 2. The van der Waals surface area contributed by atoms with Gasteiger partial charge in [-0.05, 0) is 31.0 Å². The lowest BCUT2D eigenvalue weighted by Gasteiger charge is -2.30. The van der Waals surface area contributed by atoms with Gasteiger partial charge in [-0.2, -0.15) is 4.98 Å². The van der Waals surface area contributed by atoms with E-state index in [1.807, 2.05) is 6.20 Å². The fourth-order valence-corrected chi connectivity index (χ4v) is 3.31. The van der Waals surface area contributed by atoms with Crippen LogP contribution in [0.1, 0.15) is 19.8 Å². The molecule has 0 spiro atoms. The van der Waals surface area contributed by atoms with Crippen LogP contribution in [0.4, 0.5) is 5.13 Å². The topological polar surface area (TPSA) is 60.6 Å². The molecule has 1 fully saturated rings. The second-order valence-electron chi connectivity index (χ2n) is 4.72. The molecule has 1 unspecified atom stereocenters. The Morgan fingerprint density at radius 1 is 1.50 bits per heavy atom. The number of H-pyrrole nitrogens is 2. The molecule has 1 aliphatic rings. The lowest BCUT2D eigenvalue weighted by molar-refractivity contribution is 0.446. The van der Waals surface area contributed by atoms with Gasteiger partial charge in [-0.3, -0.25) is 10.2 Å². The molecule has 7 heteroatoms. The smallest absolute Gasteiger partial charge is 0.213 e. The number of piperidine rings is 1. The Labute approximate surface area is 114 Å². The minimum Gasteiger partial charge on any atom is -0.348 e. The molecule has 0 bridgehead atoms. The van der Waals surface area contributed by atoms with Crippen molar-refractivity contribution in [1.82, 2.24) is 20.2 Å². The summed E-state index contributed by atoms with van der Waals surface area (Å²) in [4.78, 5) is 12.1. The SMILES string of the molecule is CC1CCCN(c2ncc(-c3nc(=S)[nH][nH]3)s2)C1. The van der Waals surface area contributed by atoms with Gasteiger partial charge < -0.3 is 4.90 Å². The van der Waals surface area contributed by atoms with E-state index >= 15 is 0 Å². The number of rotatable bonds is 2. The van der Waals surface area contributed by atoms with Gasteiger partial charge >= 0.3 is 0 Å². The third-order valence-corrected chi connectivity index (χ3v) is 4.41. The second kappa shape index (κ2) is 4.81. The molecule has 2 N–H and O–H groups in total. The van der Waals surface area contributed by atoms with Crippen molar-refractivity contribution < 1.29 is 0 Å². The monoisotopic (exact) mass is 281 g/mol. The van der Waals surface area contributed by atoms with E-state index in [9.17, 15) is 0 Å². The summed E-state index contributed by atoms with van der Waals surface area (Å²) in [6, 6.07) is 0. The first-order valence-corrected chi connectivity index (χ1v) is 7.30. The van der Waals surface area contributed by atoms with E-state index in [1.165, 1.54) is 12.8 Å². The molecular weight excluding hydrogens is 266 g/mol. The van der Waals surface area contributed by atoms with Crippen LogP contribution in [0, 0.1) is 10.7 Å². The van der Waals surface area contributed by atoms with Crippen LogP contribution in [0.25, 0.3) is 10.7 Å². The molecule has 1 aliphatic heterocycles. The summed E-state index contributed by atoms with van der Waals surface area (Å²) in [6.07, 6.45) is 4.43. The molecule has 0 radical (unpaired) electrons. The zero-order valence-corrected chi connectivity index (χ0v) is 11.8. The summed E-state index contributed by atoms with van der Waals surface area (Å²) >= 11 is 6.62. The Hall–Kier alpha value is -1.21. The Morgan fingerprint density at radius 2 is 2.39 bits per heavy atom. The van der Waals surface area contributed by atoms with E-state index in [1.54, 1.807) is 11.3 Å². The highest BCUT2D eigenvalue weighted by Gasteiger charge is 2.19. The van der Waals surface area contributed by atoms with Gasteiger partial charge in [-0.15, -0.1) is 0 Å². The highest BCUT2D eigenvalue weighted by Crippen LogP contribution is 2.31. The molecule has 3 rings (SSSR count). The number of nitrogens with zero attached hydrogens (tertiary/aromatic N) is 3. The molecule has 1 atom stereocenters. The Balaban J connectivity index is 1.83. The standard InChI is InChI=1S/C11H15N5S2/c1-7-3-2-4-16(6-7)11-12-5-8(18-11)9-13-10(17)15-14-9/h5,7H,2-4,6H2,1H3,(H2,13,14,15,17). The summed E-state index contributed by atoms with van der Waals surface area (Å²) in [5, 5.41) is 6.85. The van der Waals surface area contributed by atoms with Crippen molar-refractivity contribution >= 4 is 28.7 Å². The minimum atomic E-state index is 0.478. The van der Waals surface area contributed by atoms with Gasteiger partial charge in [-0.1, -0.05) is 18.3 Å². The van der Waals surface area contributed by atoms with Crippen molar-refractivity contribution in [3.05, 3.63) is 11.0 Å². The van der Waals surface area contributed by atoms with Crippen molar-refractivity contribution in [2.24, 2.45) is 5.92 Å². The number of hydrogen-bond acceptors (Lipinski definition) is 5. The van der Waals surface area contributed by atoms with E-state index in [4.69, 9.17) is 12.2 Å². The number of aromatic nitrogens is 4. The minimum absolute atomic E-state index is 0.478. The number of nitrogens with one attached hydrogen (secondary N) is 2. The zero-order chi connectivity index (χ0) is 12.5. The van der Waals surface area contributed by atoms with Crippen LogP contribution in [0.2, 0.25) is 0 Å². The summed E-state index contributed by atoms with van der Waals surface area (Å²) in [5.74, 6) is 1.52. The molecule has 2 aromatic rings. The van der Waals surface area contributed by atoms with Crippen molar-refractivity contribution in [3.8, 4) is 10.7 Å². The molecular formula is C11H15N5S2. The summed E-state index contributed by atoms with van der Waals surface area (Å²) in [5.41, 5.74) is 0. The molecule has 0 saturated carbocycles. The average Bonchev–Trinajstić information content (AvgIpc) is 2.97. The van der Waals surface area contributed by atoms with Crippen molar-refractivity contribution in [2.75, 3.05) is 18.0 Å². The summed E-state index contributed by atoms with van der Waals surface area (Å²) < 4.78 is 0.478. The number of thiazole rings is 1. The molecule has 0 aromatic carbocycles. The van der Waals surface area contributed by atoms with Crippen molar-refractivity contribution in [2.45, 2.75) is 19.8 Å². The summed E-state index contributed by atoms with van der Waals surface area (Å²) in [7, 11) is 0. The van der Waals surface area contributed by atoms with Gasteiger partial charge in [0, 0.05) is 13.1 Å². The fourth-order valence-electron chi connectivity index (χ4n) is 2.27. The molecule has 1 saturated heterocycles. The maximum absolute atomic E-state index is 4.96. The van der Waals surface area contributed by atoms with Gasteiger partial charge in [0.25, 0.3) is 0 Å². The van der Waals surface area contributed by atoms with Gasteiger partial charge in [-0.25, -0.2) is 4.98 Å². The van der Waals surface area contributed by atoms with Crippen LogP contribution in [0.15, 0.2) is 6.20 Å². The highest BCUT2D eigenvalue weighted by atomic mass is 32.1. The van der Waals surface area contributed by atoms with E-state index in [2.05, 4.69) is 32.0 Å². The first-order valence-electron chi connectivity index (χ1n) is 6.08. The first kappa shape index (κ1) is 11.9. The molecule has 5 nitrogen and oxygen atoms in total. The fraction of sp³-hybridized carbons (Fsp3) is 0.545. The average molecular weight is 281 g/mol. The van der Waals surface area contributed by atoms with Gasteiger partial charge in [0.05, 0.1) is 11.1 Å². The van der Waals surface area contributed by atoms with E-state index in [0.29, 0.717) is 4.77 Å².